The van der Waals surface area contributed by atoms with Crippen LogP contribution in [0.3, 0.4) is 0 Å². The molecule has 6 heteroatoms. The number of amides is 1. The maximum atomic E-state index is 12.8. The van der Waals surface area contributed by atoms with Crippen molar-refractivity contribution >= 4 is 11.6 Å². The molecule has 0 bridgehead atoms. The van der Waals surface area contributed by atoms with Crippen LogP contribution < -0.4 is 14.8 Å². The molecule has 2 aromatic carbocycles. The average molecular weight is 435 g/mol. The van der Waals surface area contributed by atoms with Gasteiger partial charge in [-0.25, -0.2) is 0 Å². The molecule has 1 heterocycles. The van der Waals surface area contributed by atoms with E-state index in [-0.39, 0.29) is 18.1 Å². The molecule has 6 nitrogen and oxygen atoms in total. The van der Waals surface area contributed by atoms with Crippen molar-refractivity contribution in [3.8, 4) is 17.2 Å². The Kier molecular flexibility index (Phi) is 7.84. The zero-order chi connectivity index (χ0) is 23.1. The van der Waals surface area contributed by atoms with E-state index in [1.54, 1.807) is 13.2 Å². The minimum atomic E-state index is -0.220. The van der Waals surface area contributed by atoms with Crippen molar-refractivity contribution in [3.05, 3.63) is 77.6 Å². The lowest BCUT2D eigenvalue weighted by Gasteiger charge is -2.16. The number of para-hydroxylation sites is 2. The highest BCUT2D eigenvalue weighted by atomic mass is 16.5. The fourth-order valence-electron chi connectivity index (χ4n) is 3.44. The molecule has 1 atom stereocenters. The van der Waals surface area contributed by atoms with Gasteiger partial charge in [0.15, 0.2) is 11.5 Å². The second-order valence-corrected chi connectivity index (χ2v) is 7.87. The monoisotopic (exact) mass is 434 g/mol. The topological polar surface area (TPSA) is 69.7 Å². The van der Waals surface area contributed by atoms with Crippen LogP contribution in [0.25, 0.3) is 0 Å². The molecule has 1 unspecified atom stereocenters. The predicted octanol–water partition coefficient (Wildman–Crippen LogP) is 5.80. The largest absolute Gasteiger partial charge is 0.493 e. The minimum absolute atomic E-state index is 0.0626. The van der Waals surface area contributed by atoms with Gasteiger partial charge >= 0.3 is 0 Å². The number of benzene rings is 2. The maximum Gasteiger partial charge on any atom is 0.257 e. The minimum Gasteiger partial charge on any atom is -0.493 e. The van der Waals surface area contributed by atoms with Gasteiger partial charge in [0.1, 0.15) is 5.75 Å². The van der Waals surface area contributed by atoms with E-state index in [9.17, 15) is 4.79 Å². The fourth-order valence-corrected chi connectivity index (χ4v) is 3.44. The zero-order valence-corrected chi connectivity index (χ0v) is 19.2. The molecule has 0 radical (unpaired) electrons. The summed E-state index contributed by atoms with van der Waals surface area (Å²) in [5, 5.41) is 2.93. The maximum absolute atomic E-state index is 12.8. The first kappa shape index (κ1) is 23.3. The van der Waals surface area contributed by atoms with E-state index < -0.39 is 0 Å². The summed E-state index contributed by atoms with van der Waals surface area (Å²) in [6.07, 6.45) is 0.926. The average Bonchev–Trinajstić information content (AvgIpc) is 2.73. The molecule has 1 amide bonds. The van der Waals surface area contributed by atoms with Gasteiger partial charge in [0.2, 0.25) is 0 Å². The van der Waals surface area contributed by atoms with Gasteiger partial charge in [0.25, 0.3) is 5.91 Å². The standard InChI is InChI=1S/C26H30N2O4/c1-17(2)31-18(3)15-21-13-14-23(19(4)27-21)26(29)28-20-9-8-10-22(16-20)32-25-12-7-6-11-24(25)30-5/h6-14,16-18H,15H2,1-5H3,(H,28,29). The van der Waals surface area contributed by atoms with Crippen molar-refractivity contribution in [3.63, 3.8) is 0 Å². The van der Waals surface area contributed by atoms with Gasteiger partial charge in [-0.05, 0) is 64.1 Å². The predicted molar refractivity (Wildman–Crippen MR) is 126 cm³/mol. The number of rotatable bonds is 9. The van der Waals surface area contributed by atoms with Gasteiger partial charge in [-0.3, -0.25) is 9.78 Å². The molecule has 0 saturated heterocycles. The first-order valence-electron chi connectivity index (χ1n) is 10.7. The van der Waals surface area contributed by atoms with Crippen molar-refractivity contribution < 1.29 is 19.0 Å². The quantitative estimate of drug-likeness (QED) is 0.461. The number of aryl methyl sites for hydroxylation is 1. The Morgan fingerprint density at radius 1 is 1.00 bits per heavy atom. The molecule has 3 aromatic rings. The van der Waals surface area contributed by atoms with Gasteiger partial charge in [0.05, 0.1) is 30.6 Å². The third-order valence-electron chi connectivity index (χ3n) is 4.78. The summed E-state index contributed by atoms with van der Waals surface area (Å²) in [4.78, 5) is 17.4. The van der Waals surface area contributed by atoms with Crippen LogP contribution >= 0.6 is 0 Å². The molecule has 1 N–H and O–H groups in total. The Hall–Kier alpha value is -3.38. The Morgan fingerprint density at radius 3 is 2.44 bits per heavy atom. The Balaban J connectivity index is 1.69. The van der Waals surface area contributed by atoms with Crippen LogP contribution in [0.1, 0.15) is 42.5 Å². The number of carbonyl (C=O) groups is 1. The molecule has 0 saturated carbocycles. The molecule has 0 fully saturated rings. The molecule has 3 rings (SSSR count). The summed E-state index contributed by atoms with van der Waals surface area (Å²) < 4.78 is 17.0. The van der Waals surface area contributed by atoms with E-state index in [0.717, 1.165) is 5.69 Å². The van der Waals surface area contributed by atoms with E-state index in [1.165, 1.54) is 0 Å². The van der Waals surface area contributed by atoms with Crippen LogP contribution in [0.5, 0.6) is 17.2 Å². The fraction of sp³-hybridized carbons (Fsp3) is 0.308. The van der Waals surface area contributed by atoms with Gasteiger partial charge in [-0.2, -0.15) is 0 Å². The summed E-state index contributed by atoms with van der Waals surface area (Å²) in [5.74, 6) is 1.61. The van der Waals surface area contributed by atoms with E-state index in [1.807, 2.05) is 82.3 Å². The van der Waals surface area contributed by atoms with Crippen LogP contribution in [0.4, 0.5) is 5.69 Å². The van der Waals surface area contributed by atoms with E-state index in [4.69, 9.17) is 14.2 Å². The molecule has 0 aliphatic heterocycles. The second kappa shape index (κ2) is 10.8. The van der Waals surface area contributed by atoms with Gasteiger partial charge < -0.3 is 19.5 Å². The van der Waals surface area contributed by atoms with Crippen molar-refractivity contribution in [1.82, 2.24) is 4.98 Å². The number of nitrogens with one attached hydrogen (secondary N) is 1. The van der Waals surface area contributed by atoms with Crippen LogP contribution in [-0.2, 0) is 11.2 Å². The third-order valence-corrected chi connectivity index (χ3v) is 4.78. The lowest BCUT2D eigenvalue weighted by Crippen LogP contribution is -2.18. The Morgan fingerprint density at radius 2 is 1.75 bits per heavy atom. The van der Waals surface area contributed by atoms with Gasteiger partial charge in [-0.15, -0.1) is 0 Å². The van der Waals surface area contributed by atoms with Crippen molar-refractivity contribution in [2.45, 2.75) is 46.3 Å². The molecule has 0 aliphatic rings. The summed E-state index contributed by atoms with van der Waals surface area (Å²) in [6, 6.07) is 18.3. The molecule has 0 aliphatic carbocycles. The number of pyridine rings is 1. The molecule has 168 valence electrons. The van der Waals surface area contributed by atoms with Crippen molar-refractivity contribution in [1.29, 1.82) is 0 Å². The summed E-state index contributed by atoms with van der Waals surface area (Å²) in [5.41, 5.74) is 2.74. The highest BCUT2D eigenvalue weighted by molar-refractivity contribution is 6.05. The van der Waals surface area contributed by atoms with Crippen LogP contribution in [0.15, 0.2) is 60.7 Å². The number of nitrogens with zero attached hydrogens (tertiary/aromatic N) is 1. The van der Waals surface area contributed by atoms with Gasteiger partial charge in [0, 0.05) is 23.9 Å². The van der Waals surface area contributed by atoms with Crippen molar-refractivity contribution in [2.75, 3.05) is 12.4 Å². The lowest BCUT2D eigenvalue weighted by molar-refractivity contribution is 0.0190. The highest BCUT2D eigenvalue weighted by Crippen LogP contribution is 2.32. The third kappa shape index (κ3) is 6.31. The Labute approximate surface area is 189 Å². The molecular formula is C26H30N2O4. The summed E-state index contributed by atoms with van der Waals surface area (Å²) in [7, 11) is 1.60. The highest BCUT2D eigenvalue weighted by Gasteiger charge is 2.14. The number of hydrogen-bond donors (Lipinski definition) is 1. The lowest BCUT2D eigenvalue weighted by atomic mass is 10.1. The van der Waals surface area contributed by atoms with Gasteiger partial charge in [-0.1, -0.05) is 18.2 Å². The number of carbonyl (C=O) groups excluding carboxylic acids is 1. The number of methoxy groups -OCH3 is 1. The Bertz CT molecular complexity index is 1070. The molecule has 0 spiro atoms. The first-order chi connectivity index (χ1) is 15.4. The van der Waals surface area contributed by atoms with Crippen LogP contribution in [0.2, 0.25) is 0 Å². The normalized spacial score (nSPS) is 11.8. The van der Waals surface area contributed by atoms with E-state index in [2.05, 4.69) is 10.3 Å². The number of anilines is 1. The zero-order valence-electron chi connectivity index (χ0n) is 19.2. The van der Waals surface area contributed by atoms with Crippen molar-refractivity contribution in [2.24, 2.45) is 0 Å². The van der Waals surface area contributed by atoms with E-state index in [0.29, 0.717) is 40.6 Å². The summed E-state index contributed by atoms with van der Waals surface area (Å²) in [6.45, 7) is 7.89. The number of ether oxygens (including phenoxy) is 3. The summed E-state index contributed by atoms with van der Waals surface area (Å²) >= 11 is 0. The second-order valence-electron chi connectivity index (χ2n) is 7.87. The number of aromatic nitrogens is 1. The van der Waals surface area contributed by atoms with Crippen LogP contribution in [0, 0.1) is 6.92 Å². The smallest absolute Gasteiger partial charge is 0.257 e. The van der Waals surface area contributed by atoms with E-state index >= 15 is 0 Å². The SMILES string of the molecule is COc1ccccc1Oc1cccc(NC(=O)c2ccc(CC(C)OC(C)C)nc2C)c1. The first-order valence-corrected chi connectivity index (χ1v) is 10.7. The van der Waals surface area contributed by atoms with Crippen LogP contribution in [-0.4, -0.2) is 30.2 Å². The number of hydrogen-bond acceptors (Lipinski definition) is 5. The molecule has 1 aromatic heterocycles. The molecular weight excluding hydrogens is 404 g/mol. The molecule has 32 heavy (non-hydrogen) atoms.